The predicted octanol–water partition coefficient (Wildman–Crippen LogP) is 2.78. The van der Waals surface area contributed by atoms with Crippen molar-refractivity contribution in [1.82, 2.24) is 4.98 Å². The lowest BCUT2D eigenvalue weighted by molar-refractivity contribution is 0.00578. The predicted molar refractivity (Wildman–Crippen MR) is 78.8 cm³/mol. The normalized spacial score (nSPS) is 21.2. The first-order chi connectivity index (χ1) is 8.82. The summed E-state index contributed by atoms with van der Waals surface area (Å²) < 4.78 is 12.2. The van der Waals surface area contributed by atoms with Crippen molar-refractivity contribution >= 4 is 23.6 Å². The average Bonchev–Trinajstić information content (AvgIpc) is 2.76. The molecule has 1 N–H and O–H groups in total. The third kappa shape index (κ3) is 1.82. The van der Waals surface area contributed by atoms with E-state index in [1.54, 1.807) is 0 Å². The van der Waals surface area contributed by atoms with E-state index in [1.807, 2.05) is 6.07 Å². The lowest BCUT2D eigenvalue weighted by atomic mass is 9.82. The zero-order valence-electron chi connectivity index (χ0n) is 12.2. The quantitative estimate of drug-likeness (QED) is 0.797. The number of aromatic amines is 1. The zero-order chi connectivity index (χ0) is 13.8. The van der Waals surface area contributed by atoms with Crippen LogP contribution in [0.3, 0.4) is 0 Å². The fraction of sp³-hybridized carbons (Fsp3) is 0.467. The van der Waals surface area contributed by atoms with E-state index in [0.29, 0.717) is 0 Å². The van der Waals surface area contributed by atoms with Crippen LogP contribution in [0.4, 0.5) is 0 Å². The minimum atomic E-state index is -0.322. The topological polar surface area (TPSA) is 34.2 Å². The number of rotatable bonds is 1. The first-order valence-electron chi connectivity index (χ1n) is 6.75. The lowest BCUT2D eigenvalue weighted by Crippen LogP contribution is -2.41. The minimum absolute atomic E-state index is 0.304. The minimum Gasteiger partial charge on any atom is -0.398 e. The fourth-order valence-corrected chi connectivity index (χ4v) is 2.50. The van der Waals surface area contributed by atoms with E-state index in [4.69, 9.17) is 9.31 Å². The molecule has 100 valence electrons. The molecule has 1 aliphatic rings. The molecule has 1 aliphatic heterocycles. The number of aromatic nitrogens is 1. The number of aryl methyl sites for hydroxylation is 1. The first-order valence-corrected chi connectivity index (χ1v) is 6.75. The molecule has 3 nitrogen and oxygen atoms in total. The highest BCUT2D eigenvalue weighted by molar-refractivity contribution is 6.62. The van der Waals surface area contributed by atoms with Crippen molar-refractivity contribution in [2.24, 2.45) is 0 Å². The van der Waals surface area contributed by atoms with Gasteiger partial charge >= 0.3 is 7.12 Å². The molecule has 1 aromatic carbocycles. The van der Waals surface area contributed by atoms with Gasteiger partial charge in [0.1, 0.15) is 0 Å². The van der Waals surface area contributed by atoms with Gasteiger partial charge in [0, 0.05) is 16.5 Å². The van der Waals surface area contributed by atoms with Gasteiger partial charge in [0.05, 0.1) is 11.2 Å². The third-order valence-electron chi connectivity index (χ3n) is 4.49. The molecule has 1 saturated heterocycles. The number of fused-ring (bicyclic) bond motifs is 1. The Kier molecular flexibility index (Phi) is 2.60. The van der Waals surface area contributed by atoms with Crippen LogP contribution >= 0.6 is 0 Å². The molecule has 19 heavy (non-hydrogen) atoms. The monoisotopic (exact) mass is 257 g/mol. The van der Waals surface area contributed by atoms with Crippen LogP contribution in [0.25, 0.3) is 10.9 Å². The van der Waals surface area contributed by atoms with Crippen LogP contribution in [0, 0.1) is 6.92 Å². The molecule has 3 rings (SSSR count). The lowest BCUT2D eigenvalue weighted by Gasteiger charge is -2.32. The molecule has 0 unspecified atom stereocenters. The highest BCUT2D eigenvalue weighted by Gasteiger charge is 2.52. The van der Waals surface area contributed by atoms with E-state index in [0.717, 1.165) is 11.1 Å². The first kappa shape index (κ1) is 12.8. The van der Waals surface area contributed by atoms with Crippen molar-refractivity contribution in [3.63, 3.8) is 0 Å². The Morgan fingerprint density at radius 3 is 2.16 bits per heavy atom. The molecule has 2 aromatic rings. The largest absolute Gasteiger partial charge is 0.512 e. The molecule has 0 amide bonds. The maximum Gasteiger partial charge on any atom is 0.512 e. The molecule has 0 bridgehead atoms. The van der Waals surface area contributed by atoms with Crippen LogP contribution in [0.15, 0.2) is 24.3 Å². The maximum atomic E-state index is 6.11. The zero-order valence-corrected chi connectivity index (χ0v) is 12.2. The smallest absolute Gasteiger partial charge is 0.398 e. The highest BCUT2D eigenvalue weighted by atomic mass is 16.7. The van der Waals surface area contributed by atoms with Gasteiger partial charge in [-0.25, -0.2) is 0 Å². The number of nitrogens with one attached hydrogen (secondary N) is 1. The van der Waals surface area contributed by atoms with Gasteiger partial charge in [0.2, 0.25) is 0 Å². The second-order valence-corrected chi connectivity index (χ2v) is 6.30. The van der Waals surface area contributed by atoms with Gasteiger partial charge in [0.25, 0.3) is 0 Å². The summed E-state index contributed by atoms with van der Waals surface area (Å²) in [4.78, 5) is 3.43. The van der Waals surface area contributed by atoms with E-state index in [2.05, 4.69) is 57.8 Å². The molecule has 0 saturated carbocycles. The van der Waals surface area contributed by atoms with Gasteiger partial charge in [-0.3, -0.25) is 0 Å². The SMILES string of the molecule is Cc1c(B2OC(C)(C)C(C)(C)O2)[nH]c2ccccc12. The Balaban J connectivity index is 2.05. The summed E-state index contributed by atoms with van der Waals surface area (Å²) in [5.74, 6) is 0. The van der Waals surface area contributed by atoms with Crippen molar-refractivity contribution in [2.75, 3.05) is 0 Å². The third-order valence-corrected chi connectivity index (χ3v) is 4.49. The van der Waals surface area contributed by atoms with Crippen molar-refractivity contribution < 1.29 is 9.31 Å². The van der Waals surface area contributed by atoms with E-state index >= 15 is 0 Å². The second kappa shape index (κ2) is 3.87. The van der Waals surface area contributed by atoms with Gasteiger partial charge < -0.3 is 14.3 Å². The average molecular weight is 257 g/mol. The van der Waals surface area contributed by atoms with Gasteiger partial charge in [0.15, 0.2) is 0 Å². The Morgan fingerprint density at radius 1 is 1.00 bits per heavy atom. The van der Waals surface area contributed by atoms with E-state index in [1.165, 1.54) is 10.9 Å². The molecular formula is C15H20BNO2. The van der Waals surface area contributed by atoms with Crippen molar-refractivity contribution in [2.45, 2.75) is 45.8 Å². The number of hydrogen-bond acceptors (Lipinski definition) is 2. The summed E-state index contributed by atoms with van der Waals surface area (Å²) in [5.41, 5.74) is 2.75. The van der Waals surface area contributed by atoms with Crippen molar-refractivity contribution in [3.05, 3.63) is 29.8 Å². The molecule has 0 atom stereocenters. The summed E-state index contributed by atoms with van der Waals surface area (Å²) in [7, 11) is -0.322. The summed E-state index contributed by atoms with van der Waals surface area (Å²) in [6.45, 7) is 10.4. The summed E-state index contributed by atoms with van der Waals surface area (Å²) >= 11 is 0. The molecule has 0 radical (unpaired) electrons. The maximum absolute atomic E-state index is 6.11. The summed E-state index contributed by atoms with van der Waals surface area (Å²) in [6.07, 6.45) is 0. The Hall–Kier alpha value is -1.26. The number of benzene rings is 1. The number of para-hydroxylation sites is 1. The number of H-pyrrole nitrogens is 1. The summed E-state index contributed by atoms with van der Waals surface area (Å²) in [6, 6.07) is 8.29. The Morgan fingerprint density at radius 2 is 1.58 bits per heavy atom. The molecule has 0 aliphatic carbocycles. The van der Waals surface area contributed by atoms with Gasteiger partial charge in [-0.15, -0.1) is 0 Å². The molecule has 1 aromatic heterocycles. The van der Waals surface area contributed by atoms with Gasteiger partial charge in [-0.2, -0.15) is 0 Å². The fourth-order valence-electron chi connectivity index (χ4n) is 2.50. The highest BCUT2D eigenvalue weighted by Crippen LogP contribution is 2.36. The van der Waals surface area contributed by atoms with Crippen LogP contribution in [0.5, 0.6) is 0 Å². The molecule has 1 fully saturated rings. The molecule has 0 spiro atoms. The van der Waals surface area contributed by atoms with E-state index < -0.39 is 0 Å². The van der Waals surface area contributed by atoms with E-state index in [9.17, 15) is 0 Å². The van der Waals surface area contributed by atoms with Crippen LogP contribution in [-0.4, -0.2) is 23.3 Å². The molecular weight excluding hydrogens is 237 g/mol. The number of hydrogen-bond donors (Lipinski definition) is 1. The summed E-state index contributed by atoms with van der Waals surface area (Å²) in [5, 5.41) is 1.23. The van der Waals surface area contributed by atoms with Crippen LogP contribution in [0.2, 0.25) is 0 Å². The van der Waals surface area contributed by atoms with E-state index in [-0.39, 0.29) is 18.3 Å². The Bertz CT molecular complexity index is 614. The van der Waals surface area contributed by atoms with Crippen LogP contribution in [-0.2, 0) is 9.31 Å². The van der Waals surface area contributed by atoms with Crippen LogP contribution < -0.4 is 5.59 Å². The second-order valence-electron chi connectivity index (χ2n) is 6.30. The van der Waals surface area contributed by atoms with Gasteiger partial charge in [-0.1, -0.05) is 18.2 Å². The van der Waals surface area contributed by atoms with Crippen LogP contribution in [0.1, 0.15) is 33.3 Å². The Labute approximate surface area is 114 Å². The molecule has 4 heteroatoms. The van der Waals surface area contributed by atoms with Crippen molar-refractivity contribution in [3.8, 4) is 0 Å². The molecule has 2 heterocycles. The van der Waals surface area contributed by atoms with Crippen molar-refractivity contribution in [1.29, 1.82) is 0 Å². The van der Waals surface area contributed by atoms with Gasteiger partial charge in [-0.05, 0) is 46.2 Å². The standard InChI is InChI=1S/C15H20BNO2/c1-10-11-8-6-7-9-12(11)17-13(10)16-18-14(2,3)15(4,5)19-16/h6-9,17H,1-5H3.